The van der Waals surface area contributed by atoms with Gasteiger partial charge >= 0.3 is 0 Å². The van der Waals surface area contributed by atoms with Crippen LogP contribution >= 0.6 is 12.4 Å². The van der Waals surface area contributed by atoms with Crippen molar-refractivity contribution in [3.8, 4) is 16.9 Å². The van der Waals surface area contributed by atoms with Crippen molar-refractivity contribution in [2.45, 2.75) is 12.6 Å². The van der Waals surface area contributed by atoms with E-state index in [4.69, 9.17) is 5.10 Å². The number of aliphatic hydroxyl groups excluding tert-OH is 1. The number of aliphatic hydroxyl groups is 1. The van der Waals surface area contributed by atoms with Gasteiger partial charge in [-0.3, -0.25) is 10.1 Å². The third-order valence-corrected chi connectivity index (χ3v) is 5.19. The zero-order chi connectivity index (χ0) is 20.2. The van der Waals surface area contributed by atoms with E-state index in [0.717, 1.165) is 29.1 Å². The monoisotopic (exact) mass is 429 g/mol. The van der Waals surface area contributed by atoms with Crippen LogP contribution in [0, 0.1) is 16.0 Å². The van der Waals surface area contributed by atoms with Crippen molar-refractivity contribution >= 4 is 18.1 Å². The number of hydrogen-bond acceptors (Lipinski definition) is 6. The van der Waals surface area contributed by atoms with Gasteiger partial charge < -0.3 is 15.7 Å². The largest absolute Gasteiger partial charge is 0.391 e. The van der Waals surface area contributed by atoms with E-state index in [1.54, 1.807) is 12.1 Å². The van der Waals surface area contributed by atoms with Crippen LogP contribution in [0.5, 0.6) is 0 Å². The summed E-state index contributed by atoms with van der Waals surface area (Å²) in [6.45, 7) is 2.71. The molecule has 9 heteroatoms. The normalized spacial score (nSPS) is 18.2. The number of nitro groups is 1. The Morgan fingerprint density at radius 2 is 1.90 bits per heavy atom. The van der Waals surface area contributed by atoms with Crippen LogP contribution < -0.4 is 10.6 Å². The molecule has 1 aromatic heterocycles. The van der Waals surface area contributed by atoms with Crippen LogP contribution in [0.15, 0.2) is 60.8 Å². The van der Waals surface area contributed by atoms with Gasteiger partial charge in [0.05, 0.1) is 22.4 Å². The summed E-state index contributed by atoms with van der Waals surface area (Å²) in [4.78, 5) is 10.5. The molecule has 158 valence electrons. The van der Waals surface area contributed by atoms with Gasteiger partial charge in [0.25, 0.3) is 5.69 Å². The summed E-state index contributed by atoms with van der Waals surface area (Å²) in [6.07, 6.45) is 1.64. The van der Waals surface area contributed by atoms with Gasteiger partial charge in [0.2, 0.25) is 0 Å². The maximum atomic E-state index is 10.9. The zero-order valence-electron chi connectivity index (χ0n) is 16.3. The van der Waals surface area contributed by atoms with Crippen LogP contribution in [0.25, 0.3) is 16.9 Å². The molecule has 0 bridgehead atoms. The molecule has 8 nitrogen and oxygen atoms in total. The van der Waals surface area contributed by atoms with Gasteiger partial charge in [0.15, 0.2) is 0 Å². The van der Waals surface area contributed by atoms with Gasteiger partial charge in [-0.15, -0.1) is 12.4 Å². The number of para-hydroxylation sites is 1. The topological polar surface area (TPSA) is 105 Å². The lowest BCUT2D eigenvalue weighted by Crippen LogP contribution is -2.30. The summed E-state index contributed by atoms with van der Waals surface area (Å²) in [5.41, 5.74) is 3.59. The molecule has 2 atom stereocenters. The van der Waals surface area contributed by atoms with Crippen LogP contribution in [-0.2, 0) is 6.54 Å². The van der Waals surface area contributed by atoms with E-state index in [1.807, 2.05) is 41.2 Å². The van der Waals surface area contributed by atoms with E-state index < -0.39 is 4.92 Å². The molecule has 1 fully saturated rings. The van der Waals surface area contributed by atoms with E-state index in [2.05, 4.69) is 10.6 Å². The molecule has 0 saturated carbocycles. The molecule has 0 spiro atoms. The molecule has 3 aromatic rings. The number of nitro benzene ring substituents is 1. The number of aromatic nitrogens is 2. The van der Waals surface area contributed by atoms with Crippen molar-refractivity contribution in [1.82, 2.24) is 20.4 Å². The number of non-ortho nitro benzene ring substituents is 1. The Morgan fingerprint density at radius 1 is 1.17 bits per heavy atom. The molecule has 4 rings (SSSR count). The van der Waals surface area contributed by atoms with Gasteiger partial charge in [-0.25, -0.2) is 4.68 Å². The van der Waals surface area contributed by atoms with E-state index in [0.29, 0.717) is 19.6 Å². The minimum Gasteiger partial charge on any atom is -0.391 e. The Kier molecular flexibility index (Phi) is 7.17. The number of halogens is 1. The maximum absolute atomic E-state index is 10.9. The highest BCUT2D eigenvalue weighted by Crippen LogP contribution is 2.26. The Balaban J connectivity index is 0.00000256. The minimum atomic E-state index is -0.407. The molecular formula is C21H24ClN5O3. The van der Waals surface area contributed by atoms with E-state index in [9.17, 15) is 15.2 Å². The highest BCUT2D eigenvalue weighted by atomic mass is 35.5. The second-order valence-corrected chi connectivity index (χ2v) is 7.20. The third kappa shape index (κ3) is 4.85. The Hall–Kier alpha value is -2.78. The minimum absolute atomic E-state index is 0. The first kappa shape index (κ1) is 21.9. The van der Waals surface area contributed by atoms with Crippen molar-refractivity contribution in [2.24, 2.45) is 5.92 Å². The zero-order valence-corrected chi connectivity index (χ0v) is 17.1. The van der Waals surface area contributed by atoms with Crippen LogP contribution in [0.3, 0.4) is 0 Å². The lowest BCUT2D eigenvalue weighted by Gasteiger charge is -2.14. The SMILES string of the molecule is Cl.O=[N+]([O-])c1ccc(-c2nn(-c3ccccc3)cc2CNCC2CNCC2O)cc1. The van der Waals surface area contributed by atoms with E-state index in [1.165, 1.54) is 12.1 Å². The lowest BCUT2D eigenvalue weighted by molar-refractivity contribution is -0.384. The number of hydrogen-bond donors (Lipinski definition) is 3. The third-order valence-electron chi connectivity index (χ3n) is 5.19. The number of benzene rings is 2. The van der Waals surface area contributed by atoms with Crippen LogP contribution in [0.2, 0.25) is 0 Å². The molecule has 3 N–H and O–H groups in total. The summed E-state index contributed by atoms with van der Waals surface area (Å²) < 4.78 is 1.82. The predicted octanol–water partition coefficient (Wildman–Crippen LogP) is 2.54. The van der Waals surface area contributed by atoms with Crippen LogP contribution in [0.4, 0.5) is 5.69 Å². The van der Waals surface area contributed by atoms with Gasteiger partial charge in [0, 0.05) is 61.6 Å². The molecule has 2 heterocycles. The van der Waals surface area contributed by atoms with Gasteiger partial charge in [0.1, 0.15) is 0 Å². The molecule has 0 amide bonds. The number of nitrogens with zero attached hydrogens (tertiary/aromatic N) is 3. The van der Waals surface area contributed by atoms with Crippen molar-refractivity contribution in [1.29, 1.82) is 0 Å². The molecule has 1 aliphatic rings. The molecule has 1 saturated heterocycles. The standard InChI is InChI=1S/C21H23N5O3.ClH/c27-20-13-23-11-16(20)10-22-12-17-14-25(18-4-2-1-3-5-18)24-21(17)15-6-8-19(9-7-15)26(28)29;/h1-9,14,16,20,22-23,27H,10-13H2;1H. The molecule has 0 aliphatic carbocycles. The molecule has 0 radical (unpaired) electrons. The average molecular weight is 430 g/mol. The first-order chi connectivity index (χ1) is 14.1. The van der Waals surface area contributed by atoms with Crippen molar-refractivity contribution in [2.75, 3.05) is 19.6 Å². The maximum Gasteiger partial charge on any atom is 0.269 e. The highest BCUT2D eigenvalue weighted by molar-refractivity contribution is 5.85. The molecule has 2 aromatic carbocycles. The lowest BCUT2D eigenvalue weighted by atomic mass is 10.1. The first-order valence-electron chi connectivity index (χ1n) is 9.60. The summed E-state index contributed by atoms with van der Waals surface area (Å²) in [5, 5.41) is 32.3. The first-order valence-corrected chi connectivity index (χ1v) is 9.60. The summed E-state index contributed by atoms with van der Waals surface area (Å²) >= 11 is 0. The fraction of sp³-hybridized carbons (Fsp3) is 0.286. The predicted molar refractivity (Wildman–Crippen MR) is 117 cm³/mol. The smallest absolute Gasteiger partial charge is 0.269 e. The van der Waals surface area contributed by atoms with Crippen molar-refractivity contribution in [3.63, 3.8) is 0 Å². The van der Waals surface area contributed by atoms with E-state index in [-0.39, 0.29) is 30.1 Å². The number of β-amino-alcohol motifs (C(OH)–C–C–N with tert-alkyl or cyclic N) is 1. The molecule has 2 unspecified atom stereocenters. The van der Waals surface area contributed by atoms with Gasteiger partial charge in [-0.1, -0.05) is 18.2 Å². The summed E-state index contributed by atoms with van der Waals surface area (Å²) in [7, 11) is 0. The fourth-order valence-electron chi connectivity index (χ4n) is 3.56. The molecule has 30 heavy (non-hydrogen) atoms. The number of nitrogens with one attached hydrogen (secondary N) is 2. The Labute approximate surface area is 180 Å². The number of rotatable bonds is 7. The second kappa shape index (κ2) is 9.82. The van der Waals surface area contributed by atoms with Gasteiger partial charge in [-0.05, 0) is 24.3 Å². The average Bonchev–Trinajstić information content (AvgIpc) is 3.35. The van der Waals surface area contributed by atoms with Crippen molar-refractivity contribution < 1.29 is 10.0 Å². The van der Waals surface area contributed by atoms with Gasteiger partial charge in [-0.2, -0.15) is 5.10 Å². The van der Waals surface area contributed by atoms with Crippen LogP contribution in [0.1, 0.15) is 5.56 Å². The van der Waals surface area contributed by atoms with Crippen LogP contribution in [-0.4, -0.2) is 45.5 Å². The highest BCUT2D eigenvalue weighted by Gasteiger charge is 2.24. The Morgan fingerprint density at radius 3 is 2.53 bits per heavy atom. The summed E-state index contributed by atoms with van der Waals surface area (Å²) in [5.74, 6) is 0.182. The second-order valence-electron chi connectivity index (χ2n) is 7.20. The fourth-order valence-corrected chi connectivity index (χ4v) is 3.56. The Bertz CT molecular complexity index is 978. The molecular weight excluding hydrogens is 406 g/mol. The summed E-state index contributed by atoms with van der Waals surface area (Å²) in [6, 6.07) is 16.3. The van der Waals surface area contributed by atoms with E-state index >= 15 is 0 Å². The quantitative estimate of drug-likeness (QED) is 0.393. The van der Waals surface area contributed by atoms with Crippen molar-refractivity contribution in [3.05, 3.63) is 76.5 Å². The molecule has 1 aliphatic heterocycles.